The van der Waals surface area contributed by atoms with E-state index in [-0.39, 0.29) is 5.91 Å². The van der Waals surface area contributed by atoms with E-state index in [4.69, 9.17) is 0 Å². The lowest BCUT2D eigenvalue weighted by Crippen LogP contribution is -2.31. The number of benzene rings is 2. The third kappa shape index (κ3) is 3.08. The van der Waals surface area contributed by atoms with Gasteiger partial charge in [0.15, 0.2) is 0 Å². The first-order valence-electron chi connectivity index (χ1n) is 6.08. The molecule has 0 bridgehead atoms. The van der Waals surface area contributed by atoms with Gasteiger partial charge in [-0.05, 0) is 37.0 Å². The third-order valence-corrected chi connectivity index (χ3v) is 2.86. The van der Waals surface area contributed by atoms with Gasteiger partial charge in [0, 0.05) is 18.7 Å². The van der Waals surface area contributed by atoms with Crippen molar-refractivity contribution in [2.45, 2.75) is 0 Å². The third-order valence-electron chi connectivity index (χ3n) is 2.86. The number of rotatable bonds is 4. The maximum Gasteiger partial charge on any atom is 0.251 e. The number of carbonyl (C=O) groups is 1. The molecule has 0 spiro atoms. The van der Waals surface area contributed by atoms with Gasteiger partial charge in [-0.1, -0.05) is 30.3 Å². The van der Waals surface area contributed by atoms with E-state index in [9.17, 15) is 4.79 Å². The SMILES string of the molecule is CN(C)CCNC(=O)c1ccc2ccccc2c1. The predicted molar refractivity (Wildman–Crippen MR) is 74.8 cm³/mol. The molecule has 0 unspecified atom stereocenters. The summed E-state index contributed by atoms with van der Waals surface area (Å²) in [5, 5.41) is 5.16. The van der Waals surface area contributed by atoms with Gasteiger partial charge in [-0.3, -0.25) is 4.79 Å². The van der Waals surface area contributed by atoms with Crippen molar-refractivity contribution < 1.29 is 4.79 Å². The lowest BCUT2D eigenvalue weighted by atomic mass is 10.1. The van der Waals surface area contributed by atoms with Crippen LogP contribution in [0.2, 0.25) is 0 Å². The van der Waals surface area contributed by atoms with Crippen LogP contribution in [0, 0.1) is 0 Å². The van der Waals surface area contributed by atoms with Crippen LogP contribution in [-0.4, -0.2) is 38.0 Å². The normalized spacial score (nSPS) is 10.8. The maximum absolute atomic E-state index is 11.9. The summed E-state index contributed by atoms with van der Waals surface area (Å²) >= 11 is 0. The summed E-state index contributed by atoms with van der Waals surface area (Å²) < 4.78 is 0. The lowest BCUT2D eigenvalue weighted by Gasteiger charge is -2.10. The first-order valence-corrected chi connectivity index (χ1v) is 6.08. The van der Waals surface area contributed by atoms with Crippen LogP contribution < -0.4 is 5.32 Å². The quantitative estimate of drug-likeness (QED) is 0.890. The minimum Gasteiger partial charge on any atom is -0.351 e. The molecule has 0 saturated heterocycles. The molecule has 1 N–H and O–H groups in total. The second kappa shape index (κ2) is 5.65. The number of hydrogen-bond donors (Lipinski definition) is 1. The topological polar surface area (TPSA) is 32.3 Å². The number of hydrogen-bond acceptors (Lipinski definition) is 2. The molecule has 0 aliphatic carbocycles. The van der Waals surface area contributed by atoms with Crippen LogP contribution in [0.15, 0.2) is 42.5 Å². The molecule has 0 aliphatic rings. The average Bonchev–Trinajstić information content (AvgIpc) is 2.37. The van der Waals surface area contributed by atoms with Gasteiger partial charge in [0.2, 0.25) is 0 Å². The molecule has 0 heterocycles. The van der Waals surface area contributed by atoms with E-state index in [1.165, 1.54) is 0 Å². The fourth-order valence-electron chi connectivity index (χ4n) is 1.83. The molecule has 2 rings (SSSR count). The zero-order valence-corrected chi connectivity index (χ0v) is 10.8. The van der Waals surface area contributed by atoms with Crippen molar-refractivity contribution in [3.63, 3.8) is 0 Å². The highest BCUT2D eigenvalue weighted by atomic mass is 16.1. The van der Waals surface area contributed by atoms with E-state index < -0.39 is 0 Å². The van der Waals surface area contributed by atoms with E-state index in [1.54, 1.807) is 0 Å². The second-order valence-corrected chi connectivity index (χ2v) is 4.62. The largest absolute Gasteiger partial charge is 0.351 e. The molecule has 2 aromatic rings. The standard InChI is InChI=1S/C15H18N2O/c1-17(2)10-9-16-15(18)14-8-7-12-5-3-4-6-13(12)11-14/h3-8,11H,9-10H2,1-2H3,(H,16,18). The van der Waals surface area contributed by atoms with Crippen molar-refractivity contribution in [2.75, 3.05) is 27.2 Å². The zero-order chi connectivity index (χ0) is 13.0. The van der Waals surface area contributed by atoms with Crippen LogP contribution >= 0.6 is 0 Å². The Morgan fingerprint density at radius 2 is 1.83 bits per heavy atom. The fraction of sp³-hybridized carbons (Fsp3) is 0.267. The Hall–Kier alpha value is -1.87. The summed E-state index contributed by atoms with van der Waals surface area (Å²) in [7, 11) is 3.98. The number of likely N-dealkylation sites (N-methyl/N-ethyl adjacent to an activating group) is 1. The van der Waals surface area contributed by atoms with Gasteiger partial charge in [0.1, 0.15) is 0 Å². The molecule has 0 aromatic heterocycles. The molecule has 0 saturated carbocycles. The van der Waals surface area contributed by atoms with E-state index in [2.05, 4.69) is 5.32 Å². The molecule has 94 valence electrons. The van der Waals surface area contributed by atoms with Crippen LogP contribution in [-0.2, 0) is 0 Å². The summed E-state index contributed by atoms with van der Waals surface area (Å²) in [6, 6.07) is 13.8. The number of nitrogens with one attached hydrogen (secondary N) is 1. The van der Waals surface area contributed by atoms with Gasteiger partial charge in [-0.2, -0.15) is 0 Å². The van der Waals surface area contributed by atoms with Crippen LogP contribution in [0.4, 0.5) is 0 Å². The molecular weight excluding hydrogens is 224 g/mol. The van der Waals surface area contributed by atoms with E-state index in [1.807, 2.05) is 61.5 Å². The Morgan fingerprint density at radius 1 is 1.11 bits per heavy atom. The van der Waals surface area contributed by atoms with Crippen LogP contribution in [0.1, 0.15) is 10.4 Å². The lowest BCUT2D eigenvalue weighted by molar-refractivity contribution is 0.0951. The highest BCUT2D eigenvalue weighted by Crippen LogP contribution is 2.15. The zero-order valence-electron chi connectivity index (χ0n) is 10.8. The molecule has 0 fully saturated rings. The highest BCUT2D eigenvalue weighted by molar-refractivity contribution is 5.98. The van der Waals surface area contributed by atoms with E-state index in [0.717, 1.165) is 17.3 Å². The summed E-state index contributed by atoms with van der Waals surface area (Å²) in [6.45, 7) is 1.51. The Kier molecular flexibility index (Phi) is 3.95. The summed E-state index contributed by atoms with van der Waals surface area (Å²) in [5.41, 5.74) is 0.715. The van der Waals surface area contributed by atoms with Crippen molar-refractivity contribution in [2.24, 2.45) is 0 Å². The van der Waals surface area contributed by atoms with Crippen molar-refractivity contribution in [3.05, 3.63) is 48.0 Å². The highest BCUT2D eigenvalue weighted by Gasteiger charge is 2.05. The molecular formula is C15H18N2O. The first-order chi connectivity index (χ1) is 8.66. The Labute approximate surface area is 107 Å². The summed E-state index contributed by atoms with van der Waals surface area (Å²) in [5.74, 6) is -0.0115. The number of fused-ring (bicyclic) bond motifs is 1. The van der Waals surface area contributed by atoms with Crippen molar-refractivity contribution >= 4 is 16.7 Å². The molecule has 3 heteroatoms. The van der Waals surface area contributed by atoms with Crippen LogP contribution in [0.5, 0.6) is 0 Å². The first kappa shape index (κ1) is 12.6. The van der Waals surface area contributed by atoms with Gasteiger partial charge < -0.3 is 10.2 Å². The summed E-state index contributed by atoms with van der Waals surface area (Å²) in [4.78, 5) is 14.0. The molecule has 2 aromatic carbocycles. The molecule has 1 amide bonds. The van der Waals surface area contributed by atoms with E-state index >= 15 is 0 Å². The van der Waals surface area contributed by atoms with Gasteiger partial charge in [0.05, 0.1) is 0 Å². The maximum atomic E-state index is 11.9. The predicted octanol–water partition coefficient (Wildman–Crippen LogP) is 2.13. The van der Waals surface area contributed by atoms with E-state index in [0.29, 0.717) is 12.1 Å². The minimum absolute atomic E-state index is 0.0115. The second-order valence-electron chi connectivity index (χ2n) is 4.62. The average molecular weight is 242 g/mol. The monoisotopic (exact) mass is 242 g/mol. The van der Waals surface area contributed by atoms with Gasteiger partial charge >= 0.3 is 0 Å². The van der Waals surface area contributed by atoms with Gasteiger partial charge in [0.25, 0.3) is 5.91 Å². The van der Waals surface area contributed by atoms with Gasteiger partial charge in [-0.15, -0.1) is 0 Å². The Morgan fingerprint density at radius 3 is 2.56 bits per heavy atom. The molecule has 0 radical (unpaired) electrons. The van der Waals surface area contributed by atoms with Gasteiger partial charge in [-0.25, -0.2) is 0 Å². The molecule has 3 nitrogen and oxygen atoms in total. The fourth-order valence-corrected chi connectivity index (χ4v) is 1.83. The number of amides is 1. The molecule has 0 atom stereocenters. The van der Waals surface area contributed by atoms with Crippen molar-refractivity contribution in [3.8, 4) is 0 Å². The minimum atomic E-state index is -0.0115. The Bertz CT molecular complexity index is 549. The van der Waals surface area contributed by atoms with Crippen molar-refractivity contribution in [1.82, 2.24) is 10.2 Å². The smallest absolute Gasteiger partial charge is 0.251 e. The van der Waals surface area contributed by atoms with Crippen molar-refractivity contribution in [1.29, 1.82) is 0 Å². The van der Waals surface area contributed by atoms with Crippen LogP contribution in [0.3, 0.4) is 0 Å². The number of carbonyl (C=O) groups excluding carboxylic acids is 1. The Balaban J connectivity index is 2.08. The molecule has 18 heavy (non-hydrogen) atoms. The summed E-state index contributed by atoms with van der Waals surface area (Å²) in [6.07, 6.45) is 0. The van der Waals surface area contributed by atoms with Crippen LogP contribution in [0.25, 0.3) is 10.8 Å². The molecule has 0 aliphatic heterocycles. The number of nitrogens with zero attached hydrogens (tertiary/aromatic N) is 1.